The van der Waals surface area contributed by atoms with Gasteiger partial charge in [0.1, 0.15) is 5.25 Å². The lowest BCUT2D eigenvalue weighted by molar-refractivity contribution is -0.140. The molecule has 2 rings (SSSR count). The van der Waals surface area contributed by atoms with Crippen LogP contribution < -0.4 is 0 Å². The van der Waals surface area contributed by atoms with Crippen molar-refractivity contribution in [1.82, 2.24) is 0 Å². The molecule has 1 aliphatic carbocycles. The third-order valence-corrected chi connectivity index (χ3v) is 4.37. The molecule has 0 saturated heterocycles. The second-order valence-electron chi connectivity index (χ2n) is 4.16. The van der Waals surface area contributed by atoms with Gasteiger partial charge in [-0.3, -0.25) is 4.79 Å². The first-order valence-corrected chi connectivity index (χ1v) is 6.40. The highest BCUT2D eigenvalue weighted by Crippen LogP contribution is 2.42. The van der Waals surface area contributed by atoms with Crippen molar-refractivity contribution in [2.75, 3.05) is 7.11 Å². The summed E-state index contributed by atoms with van der Waals surface area (Å²) in [6.45, 7) is 2.07. The molecule has 0 spiro atoms. The van der Waals surface area contributed by atoms with Crippen LogP contribution in [-0.2, 0) is 9.53 Å². The van der Waals surface area contributed by atoms with Crippen LogP contribution in [0.15, 0.2) is 29.2 Å². The molecule has 1 saturated carbocycles. The van der Waals surface area contributed by atoms with Gasteiger partial charge in [0.05, 0.1) is 7.11 Å². The van der Waals surface area contributed by atoms with Crippen LogP contribution in [0.5, 0.6) is 0 Å². The molecule has 1 aliphatic rings. The van der Waals surface area contributed by atoms with Crippen molar-refractivity contribution in [1.29, 1.82) is 0 Å². The van der Waals surface area contributed by atoms with Gasteiger partial charge in [-0.05, 0) is 37.3 Å². The van der Waals surface area contributed by atoms with Gasteiger partial charge in [0.2, 0.25) is 0 Å². The Hall–Kier alpha value is -0.960. The van der Waals surface area contributed by atoms with Crippen LogP contribution in [-0.4, -0.2) is 18.3 Å². The number of rotatable bonds is 4. The Balaban J connectivity index is 2.11. The quantitative estimate of drug-likeness (QED) is 0.593. The van der Waals surface area contributed by atoms with Gasteiger partial charge < -0.3 is 4.74 Å². The molecule has 2 nitrogen and oxygen atoms in total. The average molecular weight is 236 g/mol. The van der Waals surface area contributed by atoms with E-state index in [1.54, 1.807) is 11.8 Å². The Labute approximate surface area is 100 Å². The molecule has 0 aromatic heterocycles. The maximum atomic E-state index is 11.7. The molecule has 0 radical (unpaired) electrons. The van der Waals surface area contributed by atoms with E-state index in [1.807, 2.05) is 12.1 Å². The van der Waals surface area contributed by atoms with Crippen LogP contribution in [0, 0.1) is 12.8 Å². The lowest BCUT2D eigenvalue weighted by Crippen LogP contribution is -2.20. The molecule has 0 bridgehead atoms. The van der Waals surface area contributed by atoms with Crippen LogP contribution in [0.3, 0.4) is 0 Å². The topological polar surface area (TPSA) is 26.3 Å². The zero-order valence-corrected chi connectivity index (χ0v) is 10.4. The Morgan fingerprint density at radius 1 is 1.44 bits per heavy atom. The lowest BCUT2D eigenvalue weighted by atomic mass is 10.2. The summed E-state index contributed by atoms with van der Waals surface area (Å²) in [7, 11) is 1.47. The molecule has 0 aliphatic heterocycles. The number of methoxy groups -OCH3 is 1. The van der Waals surface area contributed by atoms with Crippen molar-refractivity contribution in [3.05, 3.63) is 29.8 Å². The van der Waals surface area contributed by atoms with Crippen molar-refractivity contribution in [3.63, 3.8) is 0 Å². The second kappa shape index (κ2) is 4.91. The Morgan fingerprint density at radius 2 is 2.12 bits per heavy atom. The summed E-state index contributed by atoms with van der Waals surface area (Å²) in [6.07, 6.45) is 2.30. The molecule has 1 fully saturated rings. The van der Waals surface area contributed by atoms with Crippen LogP contribution in [0.25, 0.3) is 0 Å². The monoisotopic (exact) mass is 236 g/mol. The molecule has 1 unspecified atom stereocenters. The van der Waals surface area contributed by atoms with Gasteiger partial charge in [-0.2, -0.15) is 0 Å². The summed E-state index contributed by atoms with van der Waals surface area (Å²) >= 11 is 1.64. The number of carbonyl (C=O) groups excluding carboxylic acids is 1. The lowest BCUT2D eigenvalue weighted by Gasteiger charge is -2.14. The highest BCUT2D eigenvalue weighted by Gasteiger charge is 2.37. The maximum Gasteiger partial charge on any atom is 0.319 e. The standard InChI is InChI=1S/C13H16O2S/c1-9-5-3-4-6-11(9)16-12(10-7-8-10)13(14)15-2/h3-6,10,12H,7-8H2,1-2H3. The molecular formula is C13H16O2S. The van der Waals surface area contributed by atoms with Gasteiger partial charge in [-0.25, -0.2) is 0 Å². The fourth-order valence-electron chi connectivity index (χ4n) is 1.68. The van der Waals surface area contributed by atoms with Crippen LogP contribution in [0.1, 0.15) is 18.4 Å². The minimum atomic E-state index is -0.0873. The fourth-order valence-corrected chi connectivity index (χ4v) is 3.02. The van der Waals surface area contributed by atoms with Gasteiger partial charge in [-0.15, -0.1) is 11.8 Å². The minimum absolute atomic E-state index is 0.0221. The third-order valence-electron chi connectivity index (χ3n) is 2.83. The highest BCUT2D eigenvalue weighted by molar-refractivity contribution is 8.00. The van der Waals surface area contributed by atoms with E-state index in [1.165, 1.54) is 17.6 Å². The highest BCUT2D eigenvalue weighted by atomic mass is 32.2. The molecular weight excluding hydrogens is 220 g/mol. The third kappa shape index (κ3) is 2.59. The predicted molar refractivity (Wildman–Crippen MR) is 65.6 cm³/mol. The first-order valence-electron chi connectivity index (χ1n) is 5.52. The van der Waals surface area contributed by atoms with E-state index < -0.39 is 0 Å². The van der Waals surface area contributed by atoms with E-state index >= 15 is 0 Å². The number of thioether (sulfide) groups is 1. The molecule has 86 valence electrons. The van der Waals surface area contributed by atoms with Gasteiger partial charge in [0.25, 0.3) is 0 Å². The van der Waals surface area contributed by atoms with Crippen molar-refractivity contribution in [2.24, 2.45) is 5.92 Å². The summed E-state index contributed by atoms with van der Waals surface area (Å²) < 4.78 is 4.87. The minimum Gasteiger partial charge on any atom is -0.468 e. The zero-order chi connectivity index (χ0) is 11.5. The summed E-state index contributed by atoms with van der Waals surface area (Å²) in [6, 6.07) is 8.17. The number of ether oxygens (including phenoxy) is 1. The summed E-state index contributed by atoms with van der Waals surface area (Å²) in [5, 5.41) is -0.0221. The maximum absolute atomic E-state index is 11.7. The molecule has 0 heterocycles. The van der Waals surface area contributed by atoms with Gasteiger partial charge in [0.15, 0.2) is 0 Å². The summed E-state index contributed by atoms with van der Waals surface area (Å²) in [4.78, 5) is 12.9. The smallest absolute Gasteiger partial charge is 0.319 e. The predicted octanol–water partition coefficient (Wildman–Crippen LogP) is 3.04. The molecule has 1 atom stereocenters. The van der Waals surface area contributed by atoms with Crippen LogP contribution in [0.4, 0.5) is 0 Å². The van der Waals surface area contributed by atoms with E-state index in [2.05, 4.69) is 19.1 Å². The van der Waals surface area contributed by atoms with Gasteiger partial charge in [0, 0.05) is 4.90 Å². The van der Waals surface area contributed by atoms with E-state index in [-0.39, 0.29) is 11.2 Å². The van der Waals surface area contributed by atoms with E-state index in [0.29, 0.717) is 5.92 Å². The Kier molecular flexibility index (Phi) is 3.54. The van der Waals surface area contributed by atoms with Crippen LogP contribution >= 0.6 is 11.8 Å². The van der Waals surface area contributed by atoms with E-state index in [0.717, 1.165) is 12.8 Å². The SMILES string of the molecule is COC(=O)C(Sc1ccccc1C)C1CC1. The average Bonchev–Trinajstić information content (AvgIpc) is 3.11. The zero-order valence-electron chi connectivity index (χ0n) is 9.60. The Morgan fingerprint density at radius 3 is 2.69 bits per heavy atom. The largest absolute Gasteiger partial charge is 0.468 e. The van der Waals surface area contributed by atoms with Crippen molar-refractivity contribution in [2.45, 2.75) is 29.9 Å². The summed E-state index contributed by atoms with van der Waals surface area (Å²) in [5.74, 6) is 0.424. The molecule has 1 aromatic carbocycles. The molecule has 0 N–H and O–H groups in total. The summed E-state index contributed by atoms with van der Waals surface area (Å²) in [5.41, 5.74) is 1.22. The number of carbonyl (C=O) groups is 1. The molecule has 3 heteroatoms. The number of esters is 1. The normalized spacial score (nSPS) is 16.9. The first-order chi connectivity index (χ1) is 7.72. The van der Waals surface area contributed by atoms with Crippen molar-refractivity contribution >= 4 is 17.7 Å². The number of aryl methyl sites for hydroxylation is 1. The molecule has 1 aromatic rings. The first kappa shape index (κ1) is 11.5. The molecule has 0 amide bonds. The number of hydrogen-bond donors (Lipinski definition) is 0. The number of hydrogen-bond acceptors (Lipinski definition) is 3. The van der Waals surface area contributed by atoms with E-state index in [9.17, 15) is 4.79 Å². The van der Waals surface area contributed by atoms with Gasteiger partial charge in [-0.1, -0.05) is 18.2 Å². The molecule has 16 heavy (non-hydrogen) atoms. The van der Waals surface area contributed by atoms with E-state index in [4.69, 9.17) is 4.74 Å². The van der Waals surface area contributed by atoms with Crippen LogP contribution in [0.2, 0.25) is 0 Å². The second-order valence-corrected chi connectivity index (χ2v) is 5.35. The Bertz CT molecular complexity index is 385. The number of benzene rings is 1. The van der Waals surface area contributed by atoms with Gasteiger partial charge >= 0.3 is 5.97 Å². The van der Waals surface area contributed by atoms with Crippen molar-refractivity contribution < 1.29 is 9.53 Å². The van der Waals surface area contributed by atoms with Crippen molar-refractivity contribution in [3.8, 4) is 0 Å². The fraction of sp³-hybridized carbons (Fsp3) is 0.462.